The minimum absolute atomic E-state index is 0. The molecule has 3 N–H and O–H groups in total. The zero-order chi connectivity index (χ0) is 15.2. The molecular formula is C15H21BrClN3O2. The number of rotatable bonds is 5. The Kier molecular flexibility index (Phi) is 7.85. The molecule has 1 fully saturated rings. The molecule has 1 heterocycles. The number of benzene rings is 1. The van der Waals surface area contributed by atoms with Gasteiger partial charge in [-0.1, -0.05) is 15.9 Å². The van der Waals surface area contributed by atoms with Crippen LogP contribution in [0.2, 0.25) is 0 Å². The number of aryl methyl sites for hydroxylation is 1. The fourth-order valence-electron chi connectivity index (χ4n) is 2.33. The normalized spacial score (nSPS) is 16.7. The van der Waals surface area contributed by atoms with Gasteiger partial charge in [0.25, 0.3) is 0 Å². The van der Waals surface area contributed by atoms with Gasteiger partial charge in [0.2, 0.25) is 11.8 Å². The topological polar surface area (TPSA) is 70.2 Å². The SMILES string of the molecule is Cc1cc(NC(=O)CNC(=O)CC2CCCN2)ccc1Br.Cl. The van der Waals surface area contributed by atoms with Crippen molar-refractivity contribution in [3.63, 3.8) is 0 Å². The van der Waals surface area contributed by atoms with Crippen LogP contribution < -0.4 is 16.0 Å². The third-order valence-electron chi connectivity index (χ3n) is 3.48. The average Bonchev–Trinajstić information content (AvgIpc) is 2.93. The molecule has 122 valence electrons. The van der Waals surface area contributed by atoms with Crippen LogP contribution in [0, 0.1) is 6.92 Å². The number of hydrogen-bond donors (Lipinski definition) is 3. The Hall–Kier alpha value is -1.11. The summed E-state index contributed by atoms with van der Waals surface area (Å²) in [5.41, 5.74) is 1.77. The van der Waals surface area contributed by atoms with Crippen molar-refractivity contribution in [1.29, 1.82) is 0 Å². The first kappa shape index (κ1) is 18.9. The molecule has 1 saturated heterocycles. The van der Waals surface area contributed by atoms with E-state index in [1.165, 1.54) is 0 Å². The van der Waals surface area contributed by atoms with E-state index < -0.39 is 0 Å². The summed E-state index contributed by atoms with van der Waals surface area (Å²) in [5.74, 6) is -0.305. The molecule has 1 unspecified atom stereocenters. The van der Waals surface area contributed by atoms with Crippen LogP contribution >= 0.6 is 28.3 Å². The lowest BCUT2D eigenvalue weighted by Gasteiger charge is -2.11. The van der Waals surface area contributed by atoms with E-state index in [4.69, 9.17) is 0 Å². The van der Waals surface area contributed by atoms with Crippen molar-refractivity contribution in [2.45, 2.75) is 32.2 Å². The van der Waals surface area contributed by atoms with Crippen LogP contribution in [0.1, 0.15) is 24.8 Å². The molecule has 0 radical (unpaired) electrons. The second-order valence-electron chi connectivity index (χ2n) is 5.29. The Morgan fingerprint density at radius 2 is 2.14 bits per heavy atom. The third-order valence-corrected chi connectivity index (χ3v) is 4.37. The van der Waals surface area contributed by atoms with Gasteiger partial charge in [-0.2, -0.15) is 0 Å². The highest BCUT2D eigenvalue weighted by Gasteiger charge is 2.17. The maximum absolute atomic E-state index is 11.8. The van der Waals surface area contributed by atoms with Gasteiger partial charge in [-0.05, 0) is 50.1 Å². The molecule has 1 aliphatic rings. The highest BCUT2D eigenvalue weighted by Crippen LogP contribution is 2.19. The van der Waals surface area contributed by atoms with Crippen LogP contribution in [0.25, 0.3) is 0 Å². The number of carbonyl (C=O) groups is 2. The van der Waals surface area contributed by atoms with E-state index in [0.29, 0.717) is 6.42 Å². The molecule has 22 heavy (non-hydrogen) atoms. The summed E-state index contributed by atoms with van der Waals surface area (Å²) in [6.45, 7) is 2.93. The van der Waals surface area contributed by atoms with Crippen LogP contribution in [0.15, 0.2) is 22.7 Å². The number of anilines is 1. The molecule has 0 aromatic heterocycles. The first-order valence-electron chi connectivity index (χ1n) is 7.10. The standard InChI is InChI=1S/C15H20BrN3O2.ClH/c1-10-7-12(4-5-13(10)16)19-15(21)9-18-14(20)8-11-3-2-6-17-11;/h4-5,7,11,17H,2-3,6,8-9H2,1H3,(H,18,20)(H,19,21);1H. The van der Waals surface area contributed by atoms with Gasteiger partial charge >= 0.3 is 0 Å². The Morgan fingerprint density at radius 3 is 2.77 bits per heavy atom. The Morgan fingerprint density at radius 1 is 1.36 bits per heavy atom. The van der Waals surface area contributed by atoms with E-state index in [2.05, 4.69) is 31.9 Å². The van der Waals surface area contributed by atoms with Gasteiger partial charge in [0, 0.05) is 22.6 Å². The van der Waals surface area contributed by atoms with E-state index in [9.17, 15) is 9.59 Å². The largest absolute Gasteiger partial charge is 0.347 e. The predicted molar refractivity (Wildman–Crippen MR) is 93.4 cm³/mol. The lowest BCUT2D eigenvalue weighted by atomic mass is 10.1. The first-order chi connectivity index (χ1) is 10.0. The van der Waals surface area contributed by atoms with Crippen molar-refractivity contribution in [3.8, 4) is 0 Å². The molecule has 0 saturated carbocycles. The number of hydrogen-bond acceptors (Lipinski definition) is 3. The monoisotopic (exact) mass is 389 g/mol. The van der Waals surface area contributed by atoms with Crippen LogP contribution in [0.5, 0.6) is 0 Å². The van der Waals surface area contributed by atoms with E-state index in [-0.39, 0.29) is 36.8 Å². The Bertz CT molecular complexity index is 534. The molecule has 2 rings (SSSR count). The maximum atomic E-state index is 11.8. The van der Waals surface area contributed by atoms with Gasteiger partial charge in [0.1, 0.15) is 0 Å². The van der Waals surface area contributed by atoms with Crippen LogP contribution in [0.3, 0.4) is 0 Å². The third kappa shape index (κ3) is 5.94. The second-order valence-corrected chi connectivity index (χ2v) is 6.14. The molecule has 0 spiro atoms. The summed E-state index contributed by atoms with van der Waals surface area (Å²) in [4.78, 5) is 23.5. The van der Waals surface area contributed by atoms with Crippen LogP contribution in [0.4, 0.5) is 5.69 Å². The van der Waals surface area contributed by atoms with Gasteiger partial charge in [-0.3, -0.25) is 9.59 Å². The van der Waals surface area contributed by atoms with E-state index >= 15 is 0 Å². The van der Waals surface area contributed by atoms with Crippen molar-refractivity contribution < 1.29 is 9.59 Å². The fourth-order valence-corrected chi connectivity index (χ4v) is 2.58. The van der Waals surface area contributed by atoms with E-state index in [0.717, 1.165) is 35.1 Å². The van der Waals surface area contributed by atoms with Crippen LogP contribution in [-0.4, -0.2) is 30.9 Å². The summed E-state index contributed by atoms with van der Waals surface area (Å²) in [5, 5.41) is 8.68. The van der Waals surface area contributed by atoms with Gasteiger partial charge < -0.3 is 16.0 Å². The molecular weight excluding hydrogens is 370 g/mol. The highest BCUT2D eigenvalue weighted by atomic mass is 79.9. The molecule has 1 aromatic carbocycles. The average molecular weight is 391 g/mol. The summed E-state index contributed by atoms with van der Waals surface area (Å²) in [7, 11) is 0. The predicted octanol–water partition coefficient (Wildman–Crippen LogP) is 2.38. The van der Waals surface area contributed by atoms with Gasteiger partial charge in [-0.25, -0.2) is 0 Å². The van der Waals surface area contributed by atoms with E-state index in [1.807, 2.05) is 25.1 Å². The highest BCUT2D eigenvalue weighted by molar-refractivity contribution is 9.10. The molecule has 1 aromatic rings. The zero-order valence-electron chi connectivity index (χ0n) is 12.4. The molecule has 2 amide bonds. The van der Waals surface area contributed by atoms with Crippen molar-refractivity contribution >= 4 is 45.8 Å². The molecule has 1 atom stereocenters. The first-order valence-corrected chi connectivity index (χ1v) is 7.90. The van der Waals surface area contributed by atoms with Crippen molar-refractivity contribution in [2.75, 3.05) is 18.4 Å². The van der Waals surface area contributed by atoms with Crippen molar-refractivity contribution in [3.05, 3.63) is 28.2 Å². The molecule has 0 aliphatic carbocycles. The second kappa shape index (κ2) is 9.12. The number of nitrogens with one attached hydrogen (secondary N) is 3. The lowest BCUT2D eigenvalue weighted by molar-refractivity contribution is -0.124. The summed E-state index contributed by atoms with van der Waals surface area (Å²) >= 11 is 3.41. The minimum atomic E-state index is -0.218. The number of carbonyl (C=O) groups excluding carboxylic acids is 2. The Labute approximate surface area is 145 Å². The number of amides is 2. The summed E-state index contributed by atoms with van der Waals surface area (Å²) in [6, 6.07) is 5.84. The van der Waals surface area contributed by atoms with Crippen molar-refractivity contribution in [1.82, 2.24) is 10.6 Å². The van der Waals surface area contributed by atoms with Crippen LogP contribution in [-0.2, 0) is 9.59 Å². The molecule has 1 aliphatic heterocycles. The maximum Gasteiger partial charge on any atom is 0.243 e. The van der Waals surface area contributed by atoms with Gasteiger partial charge in [0.15, 0.2) is 0 Å². The molecule has 7 heteroatoms. The fraction of sp³-hybridized carbons (Fsp3) is 0.467. The van der Waals surface area contributed by atoms with Crippen molar-refractivity contribution in [2.24, 2.45) is 0 Å². The van der Waals surface area contributed by atoms with E-state index in [1.54, 1.807) is 0 Å². The quantitative estimate of drug-likeness (QED) is 0.723. The molecule has 5 nitrogen and oxygen atoms in total. The smallest absolute Gasteiger partial charge is 0.243 e. The Balaban J connectivity index is 0.00000242. The summed E-state index contributed by atoms with van der Waals surface area (Å²) in [6.07, 6.45) is 2.57. The lowest BCUT2D eigenvalue weighted by Crippen LogP contribution is -2.36. The van der Waals surface area contributed by atoms with Gasteiger partial charge in [0.05, 0.1) is 6.54 Å². The summed E-state index contributed by atoms with van der Waals surface area (Å²) < 4.78 is 0.998. The minimum Gasteiger partial charge on any atom is -0.347 e. The molecule has 0 bridgehead atoms. The van der Waals surface area contributed by atoms with Gasteiger partial charge in [-0.15, -0.1) is 12.4 Å². The number of halogens is 2. The zero-order valence-corrected chi connectivity index (χ0v) is 14.9.